The van der Waals surface area contributed by atoms with Gasteiger partial charge in [0.05, 0.1) is 0 Å². The molecule has 0 radical (unpaired) electrons. The van der Waals surface area contributed by atoms with E-state index in [2.05, 4.69) is 58.3 Å². The zero-order valence-electron chi connectivity index (χ0n) is 16.7. The zero-order valence-corrected chi connectivity index (χ0v) is 16.7. The summed E-state index contributed by atoms with van der Waals surface area (Å²) in [6, 6.07) is 28.9. The maximum absolute atomic E-state index is 10.3. The van der Waals surface area contributed by atoms with Gasteiger partial charge in [-0.2, -0.15) is 0 Å². The molecular weight excluding hydrogens is 360 g/mol. The molecule has 1 atom stereocenters. The summed E-state index contributed by atoms with van der Waals surface area (Å²) < 4.78 is 5.66. The first-order chi connectivity index (χ1) is 14.3. The molecule has 1 heterocycles. The van der Waals surface area contributed by atoms with Crippen molar-refractivity contribution in [2.75, 3.05) is 44.2 Å². The number of nitrogens with zero attached hydrogens (tertiary/aromatic N) is 2. The van der Waals surface area contributed by atoms with Gasteiger partial charge in [-0.1, -0.05) is 60.7 Å². The average molecular weight is 389 g/mol. The Hall–Kier alpha value is -2.82. The second-order valence-electron chi connectivity index (χ2n) is 7.48. The maximum Gasteiger partial charge on any atom is 0.119 e. The molecule has 4 rings (SSSR count). The average Bonchev–Trinajstić information content (AvgIpc) is 2.80. The number of hydrogen-bond acceptors (Lipinski definition) is 4. The Morgan fingerprint density at radius 1 is 0.724 bits per heavy atom. The lowest BCUT2D eigenvalue weighted by Crippen LogP contribution is -2.49. The molecule has 1 N–H and O–H groups in total. The standard InChI is InChI=1S/C25H28N2O2/c28-24(20-29-25-9-5-2-6-10-25)19-26-15-17-27(18-16-26)23-13-11-22(12-14-23)21-7-3-1-4-8-21/h1-14,24,28H,15-20H2/t24-/m0/s1. The summed E-state index contributed by atoms with van der Waals surface area (Å²) in [5, 5.41) is 10.3. The summed E-state index contributed by atoms with van der Waals surface area (Å²) in [5.41, 5.74) is 3.75. The van der Waals surface area contributed by atoms with Crippen LogP contribution in [0.1, 0.15) is 0 Å². The van der Waals surface area contributed by atoms with E-state index in [0.29, 0.717) is 13.2 Å². The quantitative estimate of drug-likeness (QED) is 0.666. The van der Waals surface area contributed by atoms with Crippen molar-refractivity contribution in [1.82, 2.24) is 4.90 Å². The third kappa shape index (κ3) is 5.37. The first-order valence-corrected chi connectivity index (χ1v) is 10.3. The van der Waals surface area contributed by atoms with E-state index in [1.807, 2.05) is 36.4 Å². The largest absolute Gasteiger partial charge is 0.491 e. The summed E-state index contributed by atoms with van der Waals surface area (Å²) in [4.78, 5) is 4.73. The first-order valence-electron chi connectivity index (χ1n) is 10.3. The van der Waals surface area contributed by atoms with E-state index < -0.39 is 6.10 Å². The van der Waals surface area contributed by atoms with Crippen LogP contribution in [0.2, 0.25) is 0 Å². The monoisotopic (exact) mass is 388 g/mol. The first kappa shape index (κ1) is 19.5. The second-order valence-corrected chi connectivity index (χ2v) is 7.48. The van der Waals surface area contributed by atoms with Gasteiger partial charge >= 0.3 is 0 Å². The third-order valence-corrected chi connectivity index (χ3v) is 5.37. The molecule has 1 fully saturated rings. The number of aliphatic hydroxyl groups excluding tert-OH is 1. The highest BCUT2D eigenvalue weighted by Crippen LogP contribution is 2.23. The van der Waals surface area contributed by atoms with E-state index in [4.69, 9.17) is 4.74 Å². The lowest BCUT2D eigenvalue weighted by Gasteiger charge is -2.37. The van der Waals surface area contributed by atoms with Gasteiger partial charge < -0.3 is 14.7 Å². The molecule has 0 aromatic heterocycles. The maximum atomic E-state index is 10.3. The smallest absolute Gasteiger partial charge is 0.119 e. The van der Waals surface area contributed by atoms with Crippen LogP contribution in [0.15, 0.2) is 84.9 Å². The van der Waals surface area contributed by atoms with Gasteiger partial charge in [-0.3, -0.25) is 4.90 Å². The minimum atomic E-state index is -0.480. The van der Waals surface area contributed by atoms with Crippen LogP contribution in [0.25, 0.3) is 11.1 Å². The van der Waals surface area contributed by atoms with Crippen molar-refractivity contribution in [2.24, 2.45) is 0 Å². The van der Waals surface area contributed by atoms with Gasteiger partial charge in [0.25, 0.3) is 0 Å². The number of ether oxygens (including phenoxy) is 1. The van der Waals surface area contributed by atoms with Crippen molar-refractivity contribution >= 4 is 5.69 Å². The highest BCUT2D eigenvalue weighted by Gasteiger charge is 2.19. The van der Waals surface area contributed by atoms with Crippen molar-refractivity contribution < 1.29 is 9.84 Å². The van der Waals surface area contributed by atoms with Crippen molar-refractivity contribution in [1.29, 1.82) is 0 Å². The van der Waals surface area contributed by atoms with Gasteiger partial charge in [0, 0.05) is 38.4 Å². The molecule has 3 aromatic rings. The van der Waals surface area contributed by atoms with Crippen molar-refractivity contribution in [3.8, 4) is 16.9 Å². The normalized spacial score (nSPS) is 15.8. The Labute approximate surface area is 173 Å². The van der Waals surface area contributed by atoms with E-state index in [1.54, 1.807) is 0 Å². The molecule has 1 aliphatic heterocycles. The van der Waals surface area contributed by atoms with E-state index in [1.165, 1.54) is 16.8 Å². The number of hydrogen-bond donors (Lipinski definition) is 1. The fourth-order valence-corrected chi connectivity index (χ4v) is 3.74. The summed E-state index contributed by atoms with van der Waals surface area (Å²) >= 11 is 0. The fraction of sp³-hybridized carbons (Fsp3) is 0.280. The molecule has 1 saturated heterocycles. The predicted molar refractivity (Wildman–Crippen MR) is 118 cm³/mol. The molecule has 0 aliphatic carbocycles. The molecule has 150 valence electrons. The Bertz CT molecular complexity index is 860. The molecule has 3 aromatic carbocycles. The molecule has 0 bridgehead atoms. The van der Waals surface area contributed by atoms with E-state index in [9.17, 15) is 5.11 Å². The molecule has 0 saturated carbocycles. The number of anilines is 1. The predicted octanol–water partition coefficient (Wildman–Crippen LogP) is 3.92. The van der Waals surface area contributed by atoms with E-state index in [0.717, 1.165) is 31.9 Å². The van der Waals surface area contributed by atoms with Gasteiger partial charge in [-0.05, 0) is 35.4 Å². The molecule has 4 heteroatoms. The van der Waals surface area contributed by atoms with Crippen molar-refractivity contribution in [3.05, 3.63) is 84.9 Å². The summed E-state index contributed by atoms with van der Waals surface area (Å²) in [6.07, 6.45) is -0.480. The number of piperazine rings is 1. The van der Waals surface area contributed by atoms with E-state index >= 15 is 0 Å². The van der Waals surface area contributed by atoms with Gasteiger partial charge in [0.1, 0.15) is 18.5 Å². The molecule has 1 aliphatic rings. The van der Waals surface area contributed by atoms with Gasteiger partial charge in [0.15, 0.2) is 0 Å². The number of para-hydroxylation sites is 1. The summed E-state index contributed by atoms with van der Waals surface area (Å²) in [6.45, 7) is 4.80. The van der Waals surface area contributed by atoms with E-state index in [-0.39, 0.29) is 0 Å². The Morgan fingerprint density at radius 2 is 1.31 bits per heavy atom. The van der Waals surface area contributed by atoms with Crippen LogP contribution in [-0.4, -0.2) is 55.4 Å². The Morgan fingerprint density at radius 3 is 1.97 bits per heavy atom. The third-order valence-electron chi connectivity index (χ3n) is 5.37. The van der Waals surface area contributed by atoms with Crippen LogP contribution in [0.5, 0.6) is 5.75 Å². The number of β-amino-alcohol motifs (C(OH)–C–C–N with tert-alkyl or cyclic N) is 1. The van der Waals surface area contributed by atoms with Crippen LogP contribution in [0.4, 0.5) is 5.69 Å². The zero-order chi connectivity index (χ0) is 19.9. The topological polar surface area (TPSA) is 35.9 Å². The minimum Gasteiger partial charge on any atom is -0.491 e. The second kappa shape index (κ2) is 9.59. The summed E-state index contributed by atoms with van der Waals surface area (Å²) in [5.74, 6) is 0.801. The molecule has 0 unspecified atom stereocenters. The van der Waals surface area contributed by atoms with Gasteiger partial charge in [-0.15, -0.1) is 0 Å². The molecule has 0 spiro atoms. The minimum absolute atomic E-state index is 0.325. The Balaban J connectivity index is 1.24. The van der Waals surface area contributed by atoms with Gasteiger partial charge in [-0.25, -0.2) is 0 Å². The fourth-order valence-electron chi connectivity index (χ4n) is 3.74. The van der Waals surface area contributed by atoms with Crippen LogP contribution in [0.3, 0.4) is 0 Å². The van der Waals surface area contributed by atoms with Crippen LogP contribution < -0.4 is 9.64 Å². The van der Waals surface area contributed by atoms with Crippen LogP contribution in [-0.2, 0) is 0 Å². The molecule has 0 amide bonds. The molecule has 4 nitrogen and oxygen atoms in total. The lowest BCUT2D eigenvalue weighted by molar-refractivity contribution is 0.0663. The highest BCUT2D eigenvalue weighted by molar-refractivity contribution is 5.66. The van der Waals surface area contributed by atoms with Crippen molar-refractivity contribution in [3.63, 3.8) is 0 Å². The SMILES string of the molecule is O[C@H](COc1ccccc1)CN1CCN(c2ccc(-c3ccccc3)cc2)CC1. The van der Waals surface area contributed by atoms with Gasteiger partial charge in [0.2, 0.25) is 0 Å². The van der Waals surface area contributed by atoms with Crippen molar-refractivity contribution in [2.45, 2.75) is 6.10 Å². The lowest BCUT2D eigenvalue weighted by atomic mass is 10.1. The Kier molecular flexibility index (Phi) is 6.45. The highest BCUT2D eigenvalue weighted by atomic mass is 16.5. The molecule has 29 heavy (non-hydrogen) atoms. The number of rotatable bonds is 7. The number of aliphatic hydroxyl groups is 1. The number of benzene rings is 3. The van der Waals surface area contributed by atoms with Crippen LogP contribution >= 0.6 is 0 Å². The van der Waals surface area contributed by atoms with Crippen LogP contribution in [0, 0.1) is 0 Å². The molecular formula is C25H28N2O2. The summed E-state index contributed by atoms with van der Waals surface area (Å²) in [7, 11) is 0.